The summed E-state index contributed by atoms with van der Waals surface area (Å²) < 4.78 is 0. The maximum atomic E-state index is 12.5. The van der Waals surface area contributed by atoms with E-state index in [2.05, 4.69) is 31.3 Å². The van der Waals surface area contributed by atoms with Gasteiger partial charge in [0.2, 0.25) is 5.91 Å². The third-order valence-electron chi connectivity index (χ3n) is 13.6. The molecule has 62 heavy (non-hydrogen) atoms. The molecule has 4 N–H and O–H groups in total. The lowest BCUT2D eigenvalue weighted by Gasteiger charge is -2.26. The molecule has 0 aliphatic rings. The molecule has 0 aromatic carbocycles. The molecule has 5 nitrogen and oxygen atoms in total. The molecule has 0 radical (unpaired) electrons. The number of carbonyl (C=O) groups excluding carboxylic acids is 1. The molecular formula is C57H113NO4. The van der Waals surface area contributed by atoms with Gasteiger partial charge in [0.1, 0.15) is 6.10 Å². The summed E-state index contributed by atoms with van der Waals surface area (Å²) in [6.45, 7) is 4.21. The highest BCUT2D eigenvalue weighted by Crippen LogP contribution is 2.18. The second-order valence-corrected chi connectivity index (χ2v) is 19.9. The molecule has 3 atom stereocenters. The van der Waals surface area contributed by atoms with Gasteiger partial charge in [0.15, 0.2) is 0 Å². The standard InChI is InChI=1S/C57H113NO4/c1-3-5-7-9-11-13-15-17-19-21-23-25-27-28-30-32-34-36-38-40-42-44-46-48-50-52-56(61)58-54(53-59)57(62)55(60)51-49-47-45-43-41-39-37-35-33-31-29-26-24-22-20-18-16-14-12-10-8-6-4-2/h43,45,54-55,57,59-60,62H,3-42,44,46-53H2,1-2H3,(H,58,61)/b45-43+. The molecule has 0 bridgehead atoms. The van der Waals surface area contributed by atoms with E-state index >= 15 is 0 Å². The van der Waals surface area contributed by atoms with E-state index in [1.165, 1.54) is 257 Å². The normalized spacial score (nSPS) is 13.3. The molecular weight excluding hydrogens is 763 g/mol. The first-order chi connectivity index (χ1) is 30.6. The molecule has 0 saturated carbocycles. The number of unbranched alkanes of at least 4 members (excludes halogenated alkanes) is 43. The van der Waals surface area contributed by atoms with Crippen LogP contribution in [0.1, 0.15) is 322 Å². The molecule has 0 heterocycles. The summed E-state index contributed by atoms with van der Waals surface area (Å²) in [5.41, 5.74) is 0. The van der Waals surface area contributed by atoms with E-state index in [1.54, 1.807) is 0 Å². The number of nitrogens with one attached hydrogen (secondary N) is 1. The predicted octanol–water partition coefficient (Wildman–Crippen LogP) is 17.5. The molecule has 0 fully saturated rings. The van der Waals surface area contributed by atoms with Gasteiger partial charge in [0.25, 0.3) is 0 Å². The Bertz CT molecular complexity index is 879. The summed E-state index contributed by atoms with van der Waals surface area (Å²) in [4.78, 5) is 12.5. The summed E-state index contributed by atoms with van der Waals surface area (Å²) in [5.74, 6) is -0.146. The second kappa shape index (κ2) is 52.7. The molecule has 0 aromatic heterocycles. The highest BCUT2D eigenvalue weighted by molar-refractivity contribution is 5.76. The highest BCUT2D eigenvalue weighted by Gasteiger charge is 2.26. The number of aliphatic hydroxyl groups is 3. The molecule has 0 saturated heterocycles. The molecule has 0 aromatic rings. The Labute approximate surface area is 389 Å². The van der Waals surface area contributed by atoms with Crippen LogP contribution in [-0.2, 0) is 4.79 Å². The van der Waals surface area contributed by atoms with Gasteiger partial charge < -0.3 is 20.6 Å². The van der Waals surface area contributed by atoms with Crippen LogP contribution in [0.4, 0.5) is 0 Å². The minimum Gasteiger partial charge on any atom is -0.394 e. The third-order valence-corrected chi connectivity index (χ3v) is 13.6. The van der Waals surface area contributed by atoms with Crippen LogP contribution in [0.5, 0.6) is 0 Å². The first kappa shape index (κ1) is 61.1. The van der Waals surface area contributed by atoms with Crippen LogP contribution in [-0.4, -0.2) is 46.1 Å². The highest BCUT2D eigenvalue weighted by atomic mass is 16.3. The summed E-state index contributed by atoms with van der Waals surface area (Å²) in [7, 11) is 0. The van der Waals surface area contributed by atoms with Gasteiger partial charge in [-0.25, -0.2) is 0 Å². The first-order valence-electron chi connectivity index (χ1n) is 28.5. The Morgan fingerprint density at radius 3 is 0.935 bits per heavy atom. The smallest absolute Gasteiger partial charge is 0.220 e. The third kappa shape index (κ3) is 47.1. The molecule has 0 aliphatic carbocycles. The van der Waals surface area contributed by atoms with E-state index in [-0.39, 0.29) is 12.5 Å². The number of allylic oxidation sites excluding steroid dienone is 2. The van der Waals surface area contributed by atoms with Crippen LogP contribution in [0.2, 0.25) is 0 Å². The summed E-state index contributed by atoms with van der Waals surface area (Å²) >= 11 is 0. The molecule has 5 heteroatoms. The predicted molar refractivity (Wildman–Crippen MR) is 273 cm³/mol. The maximum absolute atomic E-state index is 12.5. The number of aliphatic hydroxyl groups excluding tert-OH is 3. The number of rotatable bonds is 53. The maximum Gasteiger partial charge on any atom is 0.220 e. The molecule has 3 unspecified atom stereocenters. The number of amides is 1. The second-order valence-electron chi connectivity index (χ2n) is 19.9. The Kier molecular flexibility index (Phi) is 51.9. The monoisotopic (exact) mass is 876 g/mol. The number of carbonyl (C=O) groups is 1. The van der Waals surface area contributed by atoms with Crippen molar-refractivity contribution in [2.24, 2.45) is 0 Å². The molecule has 1 amide bonds. The van der Waals surface area contributed by atoms with Crippen molar-refractivity contribution in [3.05, 3.63) is 12.2 Å². The average molecular weight is 877 g/mol. The fraction of sp³-hybridized carbons (Fsp3) is 0.947. The Balaban J connectivity index is 3.53. The van der Waals surface area contributed by atoms with Crippen molar-refractivity contribution in [3.8, 4) is 0 Å². The minimum absolute atomic E-state index is 0.146. The van der Waals surface area contributed by atoms with Crippen molar-refractivity contribution in [2.45, 2.75) is 340 Å². The van der Waals surface area contributed by atoms with Gasteiger partial charge in [0.05, 0.1) is 18.8 Å². The van der Waals surface area contributed by atoms with Gasteiger partial charge >= 0.3 is 0 Å². The van der Waals surface area contributed by atoms with Crippen LogP contribution in [0.25, 0.3) is 0 Å². The van der Waals surface area contributed by atoms with Crippen LogP contribution in [0, 0.1) is 0 Å². The van der Waals surface area contributed by atoms with E-state index in [4.69, 9.17) is 0 Å². The summed E-state index contributed by atoms with van der Waals surface area (Å²) in [5, 5.41) is 33.8. The molecule has 370 valence electrons. The zero-order valence-electron chi connectivity index (χ0n) is 42.3. The lowest BCUT2D eigenvalue weighted by atomic mass is 10.0. The molecule has 0 aliphatic heterocycles. The lowest BCUT2D eigenvalue weighted by molar-refractivity contribution is -0.124. The topological polar surface area (TPSA) is 89.8 Å². The van der Waals surface area contributed by atoms with Crippen molar-refractivity contribution < 1.29 is 20.1 Å². The van der Waals surface area contributed by atoms with Crippen LogP contribution < -0.4 is 5.32 Å². The average Bonchev–Trinajstić information content (AvgIpc) is 3.28. The Hall–Kier alpha value is -0.910. The fourth-order valence-electron chi connectivity index (χ4n) is 9.23. The van der Waals surface area contributed by atoms with E-state index in [1.807, 2.05) is 0 Å². The molecule has 0 rings (SSSR count). The van der Waals surface area contributed by atoms with E-state index in [0.29, 0.717) is 12.8 Å². The largest absolute Gasteiger partial charge is 0.394 e. The quantitative estimate of drug-likeness (QED) is 0.0362. The van der Waals surface area contributed by atoms with Gasteiger partial charge in [-0.05, 0) is 38.5 Å². The van der Waals surface area contributed by atoms with Crippen molar-refractivity contribution in [1.82, 2.24) is 5.32 Å². The van der Waals surface area contributed by atoms with Crippen molar-refractivity contribution in [1.29, 1.82) is 0 Å². The van der Waals surface area contributed by atoms with Crippen molar-refractivity contribution in [3.63, 3.8) is 0 Å². The first-order valence-corrected chi connectivity index (χ1v) is 28.5. The number of hydrogen-bond donors (Lipinski definition) is 4. The number of hydrogen-bond acceptors (Lipinski definition) is 4. The van der Waals surface area contributed by atoms with Gasteiger partial charge in [-0.3, -0.25) is 4.79 Å². The van der Waals surface area contributed by atoms with E-state index < -0.39 is 18.2 Å². The minimum atomic E-state index is -1.16. The van der Waals surface area contributed by atoms with Crippen LogP contribution >= 0.6 is 0 Å². The van der Waals surface area contributed by atoms with Gasteiger partial charge in [-0.15, -0.1) is 0 Å². The van der Waals surface area contributed by atoms with Gasteiger partial charge in [-0.1, -0.05) is 289 Å². The Morgan fingerprint density at radius 1 is 0.387 bits per heavy atom. The van der Waals surface area contributed by atoms with E-state index in [9.17, 15) is 20.1 Å². The van der Waals surface area contributed by atoms with Crippen molar-refractivity contribution >= 4 is 5.91 Å². The van der Waals surface area contributed by atoms with Gasteiger partial charge in [0, 0.05) is 6.42 Å². The summed E-state index contributed by atoms with van der Waals surface area (Å²) in [6.07, 6.45) is 65.2. The van der Waals surface area contributed by atoms with Crippen LogP contribution in [0.3, 0.4) is 0 Å². The van der Waals surface area contributed by atoms with E-state index in [0.717, 1.165) is 38.5 Å². The zero-order chi connectivity index (χ0) is 45.1. The van der Waals surface area contributed by atoms with Gasteiger partial charge in [-0.2, -0.15) is 0 Å². The lowest BCUT2D eigenvalue weighted by Crippen LogP contribution is -2.50. The fourth-order valence-corrected chi connectivity index (χ4v) is 9.23. The Morgan fingerprint density at radius 2 is 0.645 bits per heavy atom. The summed E-state index contributed by atoms with van der Waals surface area (Å²) in [6, 6.07) is -0.822. The SMILES string of the molecule is CCCCCCCCCCCCCCCCCCCC/C=C/CCCC(O)C(O)C(CO)NC(=O)CCCCCCCCCCCCCCCCCCCCCCCCCCC. The van der Waals surface area contributed by atoms with Crippen LogP contribution in [0.15, 0.2) is 12.2 Å². The van der Waals surface area contributed by atoms with Crippen molar-refractivity contribution in [2.75, 3.05) is 6.61 Å². The molecule has 0 spiro atoms. The zero-order valence-corrected chi connectivity index (χ0v) is 42.3.